The summed E-state index contributed by atoms with van der Waals surface area (Å²) in [6.07, 6.45) is 2.37. The highest BCUT2D eigenvalue weighted by Crippen LogP contribution is 2.30. The third kappa shape index (κ3) is 14.2. The second-order valence-corrected chi connectivity index (χ2v) is 10.9. The molecular formula is C29H58F2N4O5. The molecule has 3 unspecified atom stereocenters. The third-order valence-corrected chi connectivity index (χ3v) is 6.83. The van der Waals surface area contributed by atoms with Crippen LogP contribution < -0.4 is 0 Å². The molecule has 0 aromatic rings. The zero-order valence-electron chi connectivity index (χ0n) is 26.3. The average molecular weight is 581 g/mol. The summed E-state index contributed by atoms with van der Waals surface area (Å²) in [6.45, 7) is 21.5. The van der Waals surface area contributed by atoms with Gasteiger partial charge in [-0.15, -0.1) is 0 Å². The van der Waals surface area contributed by atoms with E-state index in [0.29, 0.717) is 39.0 Å². The molecule has 4 saturated heterocycles. The van der Waals surface area contributed by atoms with E-state index >= 15 is 0 Å². The van der Waals surface area contributed by atoms with Crippen LogP contribution in [-0.2, 0) is 18.9 Å². The summed E-state index contributed by atoms with van der Waals surface area (Å²) in [7, 11) is 2.14. The van der Waals surface area contributed by atoms with Gasteiger partial charge in [0.15, 0.2) is 6.10 Å². The molecule has 4 aliphatic rings. The lowest BCUT2D eigenvalue weighted by Crippen LogP contribution is -2.45. The Morgan fingerprint density at radius 3 is 2.02 bits per heavy atom. The number of nitrogens with zero attached hydrogens (tertiary/aromatic N) is 4. The Morgan fingerprint density at radius 2 is 1.50 bits per heavy atom. The number of likely N-dealkylation sites (tertiary alicyclic amines) is 2. The van der Waals surface area contributed by atoms with Gasteiger partial charge in [0, 0.05) is 45.8 Å². The van der Waals surface area contributed by atoms with Crippen molar-refractivity contribution in [3.05, 3.63) is 0 Å². The Hall–Kier alpha value is -1.11. The van der Waals surface area contributed by atoms with Gasteiger partial charge in [0.2, 0.25) is 0 Å². The Bertz CT molecular complexity index is 656. The highest BCUT2D eigenvalue weighted by Gasteiger charge is 2.50. The molecule has 3 atom stereocenters. The molecule has 11 heteroatoms. The van der Waals surface area contributed by atoms with Gasteiger partial charge in [0.1, 0.15) is 0 Å². The lowest BCUT2D eigenvalue weighted by Gasteiger charge is -2.30. The third-order valence-electron chi connectivity index (χ3n) is 6.83. The largest absolute Gasteiger partial charge is 0.438 e. The smallest absolute Gasteiger partial charge is 0.410 e. The fraction of sp³-hybridized carbons (Fsp3) is 0.966. The molecule has 0 N–H and O–H groups in total. The molecule has 4 aliphatic heterocycles. The molecule has 9 nitrogen and oxygen atoms in total. The Morgan fingerprint density at radius 1 is 0.875 bits per heavy atom. The molecule has 0 aromatic heterocycles. The van der Waals surface area contributed by atoms with Crippen molar-refractivity contribution in [1.82, 2.24) is 19.6 Å². The fourth-order valence-electron chi connectivity index (χ4n) is 4.57. The van der Waals surface area contributed by atoms with Gasteiger partial charge < -0.3 is 33.6 Å². The first kappa shape index (κ1) is 36.9. The summed E-state index contributed by atoms with van der Waals surface area (Å²) in [5, 5.41) is 0. The minimum absolute atomic E-state index is 0.0968. The van der Waals surface area contributed by atoms with Gasteiger partial charge in [-0.3, -0.25) is 4.90 Å². The van der Waals surface area contributed by atoms with E-state index in [1.165, 1.54) is 30.7 Å². The van der Waals surface area contributed by atoms with Crippen LogP contribution in [0.2, 0.25) is 0 Å². The van der Waals surface area contributed by atoms with Gasteiger partial charge in [-0.05, 0) is 26.6 Å². The quantitative estimate of drug-likeness (QED) is 0.466. The highest BCUT2D eigenvalue weighted by molar-refractivity contribution is 5.68. The average Bonchev–Trinajstić information content (AvgIpc) is 3.52. The highest BCUT2D eigenvalue weighted by atomic mass is 19.3. The van der Waals surface area contributed by atoms with Gasteiger partial charge in [-0.2, -0.15) is 0 Å². The van der Waals surface area contributed by atoms with E-state index in [0.717, 1.165) is 39.4 Å². The molecule has 0 spiro atoms. The molecule has 0 aromatic carbocycles. The van der Waals surface area contributed by atoms with E-state index < -0.39 is 18.1 Å². The summed E-state index contributed by atoms with van der Waals surface area (Å²) < 4.78 is 48.9. The van der Waals surface area contributed by atoms with Crippen LogP contribution in [0, 0.1) is 0 Å². The first-order valence-electron chi connectivity index (χ1n) is 15.4. The van der Waals surface area contributed by atoms with Crippen LogP contribution in [-0.4, -0.2) is 149 Å². The van der Waals surface area contributed by atoms with E-state index in [4.69, 9.17) is 18.9 Å². The fourth-order valence-corrected chi connectivity index (χ4v) is 4.57. The second kappa shape index (κ2) is 20.7. The Labute approximate surface area is 242 Å². The van der Waals surface area contributed by atoms with E-state index in [2.05, 4.69) is 51.5 Å². The first-order valence-corrected chi connectivity index (χ1v) is 15.4. The topological polar surface area (TPSA) is 67.0 Å². The lowest BCUT2D eigenvalue weighted by molar-refractivity contribution is -0.0875. The zero-order valence-corrected chi connectivity index (χ0v) is 26.3. The zero-order chi connectivity index (χ0) is 30.0. The number of hydrogen-bond donors (Lipinski definition) is 0. The van der Waals surface area contributed by atoms with Crippen LogP contribution in [0.15, 0.2) is 0 Å². The minimum atomic E-state index is -2.96. The number of rotatable bonds is 6. The molecule has 1 amide bonds. The van der Waals surface area contributed by atoms with Crippen molar-refractivity contribution in [2.24, 2.45) is 0 Å². The van der Waals surface area contributed by atoms with Crippen molar-refractivity contribution in [1.29, 1.82) is 0 Å². The number of ether oxygens (including phenoxy) is 4. The first-order chi connectivity index (χ1) is 19.1. The van der Waals surface area contributed by atoms with Crippen molar-refractivity contribution in [3.63, 3.8) is 0 Å². The van der Waals surface area contributed by atoms with Crippen LogP contribution in [0.1, 0.15) is 60.8 Å². The number of halogens is 2. The maximum atomic E-state index is 13.6. The Balaban J connectivity index is 0.000000336. The summed E-state index contributed by atoms with van der Waals surface area (Å²) in [4.78, 5) is 19.5. The monoisotopic (exact) mass is 580 g/mol. The van der Waals surface area contributed by atoms with E-state index in [9.17, 15) is 13.6 Å². The van der Waals surface area contributed by atoms with Gasteiger partial charge >= 0.3 is 6.09 Å². The van der Waals surface area contributed by atoms with Crippen molar-refractivity contribution in [2.75, 3.05) is 98.9 Å². The molecule has 4 rings (SSSR count). The number of hydrogen-bond acceptors (Lipinski definition) is 8. The summed E-state index contributed by atoms with van der Waals surface area (Å²) in [5.74, 6) is -2.96. The maximum Gasteiger partial charge on any atom is 0.410 e. The van der Waals surface area contributed by atoms with E-state index in [1.807, 2.05) is 6.92 Å². The molecular weight excluding hydrogens is 522 g/mol. The van der Waals surface area contributed by atoms with E-state index in [-0.39, 0.29) is 19.2 Å². The molecule has 0 bridgehead atoms. The van der Waals surface area contributed by atoms with Crippen LogP contribution in [0.25, 0.3) is 0 Å². The number of likely N-dealkylation sites (N-methyl/N-ethyl adjacent to an activating group) is 3. The molecule has 0 radical (unpaired) electrons. The SMILES string of the molecule is CCC.CCC.CCN1CC(OC(=O)N2CCOCC2)C(F)(F)C1.CCN1CCC(OCC2CN(C)CCO2)C1. The number of amides is 1. The van der Waals surface area contributed by atoms with Crippen LogP contribution in [0.5, 0.6) is 0 Å². The van der Waals surface area contributed by atoms with Gasteiger partial charge in [0.05, 0.1) is 45.2 Å². The molecule has 238 valence electrons. The van der Waals surface area contributed by atoms with Gasteiger partial charge in [0.25, 0.3) is 5.92 Å². The summed E-state index contributed by atoms with van der Waals surface area (Å²) in [6, 6.07) is 0. The van der Waals surface area contributed by atoms with Crippen LogP contribution >= 0.6 is 0 Å². The minimum Gasteiger partial charge on any atom is -0.438 e. The predicted molar refractivity (Wildman–Crippen MR) is 155 cm³/mol. The van der Waals surface area contributed by atoms with Gasteiger partial charge in [-0.1, -0.05) is 54.4 Å². The van der Waals surface area contributed by atoms with Crippen LogP contribution in [0.3, 0.4) is 0 Å². The van der Waals surface area contributed by atoms with Crippen molar-refractivity contribution in [3.8, 4) is 0 Å². The van der Waals surface area contributed by atoms with Gasteiger partial charge in [-0.25, -0.2) is 13.6 Å². The normalized spacial score (nSPS) is 27.0. The number of alkyl halides is 2. The second-order valence-electron chi connectivity index (χ2n) is 10.9. The summed E-state index contributed by atoms with van der Waals surface area (Å²) >= 11 is 0. The maximum absolute atomic E-state index is 13.6. The standard InChI is InChI=1S/C12H24N2O2.C11H18F2N2O3.2C3H8/c1-3-14-5-4-11(9-14)16-10-12-8-13(2)6-7-15-12;1-2-14-7-9(11(12,13)8-14)18-10(16)15-3-5-17-6-4-15;2*1-3-2/h11-12H,3-10H2,1-2H3;9H,2-8H2,1H3;2*3H2,1-2H3. The molecule has 0 aliphatic carbocycles. The molecule has 0 saturated carbocycles. The van der Waals surface area contributed by atoms with Crippen LogP contribution in [0.4, 0.5) is 13.6 Å². The number of carbonyl (C=O) groups is 1. The van der Waals surface area contributed by atoms with E-state index in [1.54, 1.807) is 4.90 Å². The van der Waals surface area contributed by atoms with Crippen molar-refractivity contribution in [2.45, 2.75) is 85.0 Å². The predicted octanol–water partition coefficient (Wildman–Crippen LogP) is 4.06. The number of morpholine rings is 2. The molecule has 4 fully saturated rings. The molecule has 40 heavy (non-hydrogen) atoms. The van der Waals surface area contributed by atoms with Crippen molar-refractivity contribution >= 4 is 6.09 Å². The molecule has 4 heterocycles. The summed E-state index contributed by atoms with van der Waals surface area (Å²) in [5.41, 5.74) is 0. The number of carbonyl (C=O) groups excluding carboxylic acids is 1. The van der Waals surface area contributed by atoms with Crippen molar-refractivity contribution < 1.29 is 32.5 Å². The Kier molecular flexibility index (Phi) is 19.1. The lowest BCUT2D eigenvalue weighted by atomic mass is 10.2.